The van der Waals surface area contributed by atoms with Crippen LogP contribution in [0.25, 0.3) is 11.1 Å². The molecule has 3 rings (SSSR count). The number of nitrogens with one attached hydrogen (secondary N) is 2. The van der Waals surface area contributed by atoms with E-state index in [-0.39, 0.29) is 35.8 Å². The number of amides is 2. The van der Waals surface area contributed by atoms with Crippen LogP contribution in [0.15, 0.2) is 57.7 Å². The maximum Gasteiger partial charge on any atom is 0.420 e. The van der Waals surface area contributed by atoms with Crippen LogP contribution >= 0.6 is 0 Å². The topological polar surface area (TPSA) is 136 Å². The summed E-state index contributed by atoms with van der Waals surface area (Å²) in [6.07, 6.45) is 0.670. The number of non-ortho nitro benzene ring substituents is 1. The Kier molecular flexibility index (Phi) is 6.03. The molecule has 0 unspecified atom stereocenters. The quantitative estimate of drug-likeness (QED) is 0.429. The van der Waals surface area contributed by atoms with Gasteiger partial charge in [0.05, 0.1) is 23.1 Å². The summed E-state index contributed by atoms with van der Waals surface area (Å²) in [5, 5.41) is 15.9. The summed E-state index contributed by atoms with van der Waals surface area (Å²) in [4.78, 5) is 46.0. The zero-order valence-corrected chi connectivity index (χ0v) is 15.3. The maximum atomic E-state index is 12.1. The molecule has 3 aromatic rings. The summed E-state index contributed by atoms with van der Waals surface area (Å²) in [6.45, 7) is -0.173. The minimum absolute atomic E-state index is 0.00987. The second-order valence-corrected chi connectivity index (χ2v) is 6.23. The van der Waals surface area contributed by atoms with Crippen molar-refractivity contribution in [2.24, 2.45) is 0 Å². The molecule has 0 radical (unpaired) electrons. The predicted octanol–water partition coefficient (Wildman–Crippen LogP) is 0.978. The molecule has 2 N–H and O–H groups in total. The van der Waals surface area contributed by atoms with Gasteiger partial charge in [0, 0.05) is 12.6 Å². The van der Waals surface area contributed by atoms with Crippen LogP contribution in [0.3, 0.4) is 0 Å². The van der Waals surface area contributed by atoms with Crippen molar-refractivity contribution in [1.29, 1.82) is 0 Å². The summed E-state index contributed by atoms with van der Waals surface area (Å²) in [5.74, 6) is -1.73. The van der Waals surface area contributed by atoms with E-state index in [1.165, 1.54) is 12.1 Å². The molecule has 0 saturated heterocycles. The number of nitro groups is 1. The monoisotopic (exact) mass is 398 g/mol. The molecule has 0 fully saturated rings. The van der Waals surface area contributed by atoms with E-state index in [4.69, 9.17) is 4.42 Å². The Morgan fingerprint density at radius 1 is 1.07 bits per heavy atom. The van der Waals surface area contributed by atoms with Gasteiger partial charge < -0.3 is 15.1 Å². The molecule has 29 heavy (non-hydrogen) atoms. The Hall–Kier alpha value is -3.95. The lowest BCUT2D eigenvalue weighted by Crippen LogP contribution is -2.39. The van der Waals surface area contributed by atoms with Gasteiger partial charge in [-0.3, -0.25) is 24.3 Å². The van der Waals surface area contributed by atoms with Crippen LogP contribution < -0.4 is 16.4 Å². The fraction of sp³-hybridized carbons (Fsp3) is 0.211. The Balaban J connectivity index is 1.51. The van der Waals surface area contributed by atoms with Crippen LogP contribution in [0.4, 0.5) is 5.69 Å². The van der Waals surface area contributed by atoms with E-state index in [2.05, 4.69) is 10.6 Å². The van der Waals surface area contributed by atoms with E-state index in [1.807, 2.05) is 30.3 Å². The average molecular weight is 398 g/mol. The van der Waals surface area contributed by atoms with Gasteiger partial charge in [-0.1, -0.05) is 30.3 Å². The Morgan fingerprint density at radius 3 is 2.55 bits per heavy atom. The molecule has 150 valence electrons. The number of oxazole rings is 1. The molecule has 1 heterocycles. The van der Waals surface area contributed by atoms with Crippen molar-refractivity contribution in [3.05, 3.63) is 74.8 Å². The van der Waals surface area contributed by atoms with Gasteiger partial charge in [-0.15, -0.1) is 0 Å². The largest absolute Gasteiger partial charge is 0.420 e. The van der Waals surface area contributed by atoms with Crippen molar-refractivity contribution >= 4 is 28.6 Å². The van der Waals surface area contributed by atoms with Crippen molar-refractivity contribution < 1.29 is 18.9 Å². The van der Waals surface area contributed by atoms with E-state index in [1.54, 1.807) is 0 Å². The van der Waals surface area contributed by atoms with Crippen LogP contribution in [-0.4, -0.2) is 34.4 Å². The molecule has 2 amide bonds. The van der Waals surface area contributed by atoms with Crippen molar-refractivity contribution in [3.63, 3.8) is 0 Å². The molecule has 0 saturated carbocycles. The maximum absolute atomic E-state index is 12.1. The third kappa shape index (κ3) is 5.06. The highest BCUT2D eigenvalue weighted by Crippen LogP contribution is 2.19. The first kappa shape index (κ1) is 19.8. The van der Waals surface area contributed by atoms with Gasteiger partial charge in [-0.2, -0.15) is 0 Å². The third-order valence-corrected chi connectivity index (χ3v) is 4.19. The van der Waals surface area contributed by atoms with Crippen molar-refractivity contribution in [3.8, 4) is 0 Å². The lowest BCUT2D eigenvalue weighted by Gasteiger charge is -2.07. The number of fused-ring (bicyclic) bond motifs is 1. The molecule has 1 aromatic heterocycles. The summed E-state index contributed by atoms with van der Waals surface area (Å²) in [6, 6.07) is 13.3. The van der Waals surface area contributed by atoms with Crippen molar-refractivity contribution in [2.45, 2.75) is 13.0 Å². The molecular formula is C19H18N4O6. The fourth-order valence-corrected chi connectivity index (χ4v) is 2.75. The first-order chi connectivity index (χ1) is 13.9. The zero-order chi connectivity index (χ0) is 20.8. The van der Waals surface area contributed by atoms with Gasteiger partial charge in [0.25, 0.3) is 5.69 Å². The van der Waals surface area contributed by atoms with E-state index < -0.39 is 16.6 Å². The molecule has 0 aliphatic rings. The second kappa shape index (κ2) is 8.83. The van der Waals surface area contributed by atoms with E-state index in [0.717, 1.165) is 16.2 Å². The van der Waals surface area contributed by atoms with Crippen LogP contribution in [-0.2, 0) is 22.6 Å². The summed E-state index contributed by atoms with van der Waals surface area (Å²) in [5.41, 5.74) is 1.12. The van der Waals surface area contributed by atoms with Crippen LogP contribution in [0.1, 0.15) is 5.56 Å². The molecule has 2 aromatic carbocycles. The average Bonchev–Trinajstić information content (AvgIpc) is 3.01. The van der Waals surface area contributed by atoms with E-state index in [9.17, 15) is 24.5 Å². The number of carbonyl (C=O) groups excluding carboxylic acids is 2. The lowest BCUT2D eigenvalue weighted by atomic mass is 10.1. The van der Waals surface area contributed by atoms with Crippen LogP contribution in [0.5, 0.6) is 0 Å². The molecular weight excluding hydrogens is 380 g/mol. The van der Waals surface area contributed by atoms with Gasteiger partial charge in [0.2, 0.25) is 11.8 Å². The van der Waals surface area contributed by atoms with Gasteiger partial charge in [0.1, 0.15) is 6.54 Å². The number of nitrogens with zero attached hydrogens (tertiary/aromatic N) is 2. The van der Waals surface area contributed by atoms with Gasteiger partial charge in [-0.25, -0.2) is 4.79 Å². The van der Waals surface area contributed by atoms with Crippen molar-refractivity contribution in [1.82, 2.24) is 15.2 Å². The third-order valence-electron chi connectivity index (χ3n) is 4.19. The summed E-state index contributed by atoms with van der Waals surface area (Å²) in [7, 11) is 0. The number of rotatable bonds is 8. The van der Waals surface area contributed by atoms with E-state index in [0.29, 0.717) is 13.0 Å². The molecule has 0 bridgehead atoms. The summed E-state index contributed by atoms with van der Waals surface area (Å²) >= 11 is 0. The number of carbonyl (C=O) groups is 2. The first-order valence-electron chi connectivity index (χ1n) is 8.79. The zero-order valence-electron chi connectivity index (χ0n) is 15.3. The molecule has 0 atom stereocenters. The number of benzene rings is 2. The number of hydrogen-bond acceptors (Lipinski definition) is 6. The summed E-state index contributed by atoms with van der Waals surface area (Å²) < 4.78 is 6.00. The smallest absolute Gasteiger partial charge is 0.407 e. The normalized spacial score (nSPS) is 10.6. The fourth-order valence-electron chi connectivity index (χ4n) is 2.75. The predicted molar refractivity (Wildman–Crippen MR) is 103 cm³/mol. The van der Waals surface area contributed by atoms with Crippen LogP contribution in [0, 0.1) is 10.1 Å². The standard InChI is InChI=1S/C19H18N4O6/c24-17(20-9-8-13-4-2-1-3-5-13)11-21-18(25)12-22-15-7-6-14(23(27)28)10-16(15)29-19(22)26/h1-7,10H,8-9,11-12H2,(H,20,24)(H,21,25). The number of nitro benzene ring substituents is 1. The molecule has 10 nitrogen and oxygen atoms in total. The molecule has 0 aliphatic heterocycles. The second-order valence-electron chi connectivity index (χ2n) is 6.23. The van der Waals surface area contributed by atoms with Crippen molar-refractivity contribution in [2.75, 3.05) is 13.1 Å². The minimum Gasteiger partial charge on any atom is -0.407 e. The Labute approximate surface area is 164 Å². The number of hydrogen-bond donors (Lipinski definition) is 2. The molecule has 0 spiro atoms. The van der Waals surface area contributed by atoms with E-state index >= 15 is 0 Å². The molecule has 10 heteroatoms. The van der Waals surface area contributed by atoms with Gasteiger partial charge >= 0.3 is 5.76 Å². The molecule has 0 aliphatic carbocycles. The Bertz CT molecular complexity index is 1100. The minimum atomic E-state index is -0.817. The highest BCUT2D eigenvalue weighted by molar-refractivity contribution is 5.85. The Morgan fingerprint density at radius 2 is 1.83 bits per heavy atom. The first-order valence-corrected chi connectivity index (χ1v) is 8.79. The highest BCUT2D eigenvalue weighted by atomic mass is 16.6. The van der Waals surface area contributed by atoms with Crippen LogP contribution in [0.2, 0.25) is 0 Å². The lowest BCUT2D eigenvalue weighted by molar-refractivity contribution is -0.384. The number of aromatic nitrogens is 1. The van der Waals surface area contributed by atoms with Gasteiger partial charge in [0.15, 0.2) is 5.58 Å². The SMILES string of the molecule is O=C(CNC(=O)Cn1c(=O)oc2cc([N+](=O)[O-])ccc21)NCCc1ccccc1. The highest BCUT2D eigenvalue weighted by Gasteiger charge is 2.16. The van der Waals surface area contributed by atoms with Gasteiger partial charge in [-0.05, 0) is 18.1 Å².